The summed E-state index contributed by atoms with van der Waals surface area (Å²) in [4.78, 5) is 4.80. The molecule has 0 saturated carbocycles. The van der Waals surface area contributed by atoms with Crippen LogP contribution in [0.4, 0.5) is 11.5 Å². The summed E-state index contributed by atoms with van der Waals surface area (Å²) in [7, 11) is 0. The van der Waals surface area contributed by atoms with Crippen LogP contribution in [0.5, 0.6) is 0 Å². The SMILES string of the molecule is Cc1ccc(C)c2c(C(C)C)cc(NNc3cc(Cl)cc(Cl)c3)nc12. The van der Waals surface area contributed by atoms with E-state index in [0.29, 0.717) is 16.0 Å². The monoisotopic (exact) mass is 373 g/mol. The average Bonchev–Trinajstić information content (AvgIpc) is 2.55. The van der Waals surface area contributed by atoms with Crippen molar-refractivity contribution in [1.82, 2.24) is 4.98 Å². The standard InChI is InChI=1S/C20H21Cl2N3/c1-11(2)17-10-18(23-20-13(4)6-5-12(3)19(17)20)25-24-16-8-14(21)7-15(22)9-16/h5-11,24H,1-4H3,(H,23,25). The fourth-order valence-corrected chi connectivity index (χ4v) is 3.48. The molecule has 1 aromatic heterocycles. The Morgan fingerprint density at radius 3 is 2.16 bits per heavy atom. The molecule has 2 aromatic carbocycles. The summed E-state index contributed by atoms with van der Waals surface area (Å²) in [6.07, 6.45) is 0. The molecule has 0 atom stereocenters. The molecule has 130 valence electrons. The quantitative estimate of drug-likeness (QED) is 0.498. The molecular formula is C20H21Cl2N3. The Balaban J connectivity index is 2.00. The number of nitrogens with one attached hydrogen (secondary N) is 2. The van der Waals surface area contributed by atoms with Gasteiger partial charge in [0.2, 0.25) is 0 Å². The van der Waals surface area contributed by atoms with E-state index in [9.17, 15) is 0 Å². The minimum absolute atomic E-state index is 0.396. The Bertz CT molecular complexity index is 916. The van der Waals surface area contributed by atoms with Gasteiger partial charge in [-0.3, -0.25) is 10.9 Å². The molecular weight excluding hydrogens is 353 g/mol. The Labute approximate surface area is 158 Å². The van der Waals surface area contributed by atoms with Crippen LogP contribution >= 0.6 is 23.2 Å². The molecule has 3 rings (SSSR count). The van der Waals surface area contributed by atoms with Gasteiger partial charge < -0.3 is 0 Å². The number of hydrogen-bond acceptors (Lipinski definition) is 3. The van der Waals surface area contributed by atoms with Gasteiger partial charge in [-0.2, -0.15) is 0 Å². The van der Waals surface area contributed by atoms with E-state index in [1.54, 1.807) is 18.2 Å². The van der Waals surface area contributed by atoms with Crippen molar-refractivity contribution in [3.8, 4) is 0 Å². The number of pyridine rings is 1. The zero-order valence-electron chi connectivity index (χ0n) is 14.7. The fourth-order valence-electron chi connectivity index (χ4n) is 2.96. The van der Waals surface area contributed by atoms with Crippen molar-refractivity contribution < 1.29 is 0 Å². The summed E-state index contributed by atoms with van der Waals surface area (Å²) in [5, 5.41) is 2.40. The van der Waals surface area contributed by atoms with Crippen molar-refractivity contribution in [3.05, 3.63) is 63.1 Å². The number of fused-ring (bicyclic) bond motifs is 1. The van der Waals surface area contributed by atoms with E-state index >= 15 is 0 Å². The van der Waals surface area contributed by atoms with Crippen LogP contribution < -0.4 is 10.9 Å². The van der Waals surface area contributed by atoms with E-state index < -0.39 is 0 Å². The second kappa shape index (κ2) is 7.11. The number of benzene rings is 2. The lowest BCUT2D eigenvalue weighted by Crippen LogP contribution is -2.11. The molecule has 0 saturated heterocycles. The van der Waals surface area contributed by atoms with Gasteiger partial charge in [-0.25, -0.2) is 4.98 Å². The first-order chi connectivity index (χ1) is 11.8. The highest BCUT2D eigenvalue weighted by Crippen LogP contribution is 2.31. The van der Waals surface area contributed by atoms with Crippen molar-refractivity contribution >= 4 is 45.6 Å². The largest absolute Gasteiger partial charge is 0.300 e. The first-order valence-electron chi connectivity index (χ1n) is 8.24. The van der Waals surface area contributed by atoms with Crippen LogP contribution in [0.2, 0.25) is 10.0 Å². The molecule has 0 aliphatic heterocycles. The molecule has 0 aliphatic carbocycles. The van der Waals surface area contributed by atoms with E-state index in [4.69, 9.17) is 28.2 Å². The number of hydrazine groups is 1. The maximum Gasteiger partial charge on any atom is 0.145 e. The Kier molecular flexibility index (Phi) is 5.07. The average molecular weight is 374 g/mol. The summed E-state index contributed by atoms with van der Waals surface area (Å²) >= 11 is 12.1. The number of hydrogen-bond donors (Lipinski definition) is 2. The summed E-state index contributed by atoms with van der Waals surface area (Å²) in [5.74, 6) is 1.16. The summed E-state index contributed by atoms with van der Waals surface area (Å²) < 4.78 is 0. The lowest BCUT2D eigenvalue weighted by Gasteiger charge is -2.17. The molecule has 3 aromatic rings. The van der Waals surface area contributed by atoms with Crippen LogP contribution in [0.3, 0.4) is 0 Å². The van der Waals surface area contributed by atoms with Gasteiger partial charge in [0.05, 0.1) is 11.2 Å². The number of rotatable bonds is 4. The zero-order chi connectivity index (χ0) is 18.1. The van der Waals surface area contributed by atoms with Gasteiger partial charge in [0.15, 0.2) is 0 Å². The molecule has 25 heavy (non-hydrogen) atoms. The van der Waals surface area contributed by atoms with Gasteiger partial charge in [-0.1, -0.05) is 49.2 Å². The Morgan fingerprint density at radius 2 is 1.52 bits per heavy atom. The van der Waals surface area contributed by atoms with Crippen LogP contribution in [-0.2, 0) is 0 Å². The zero-order valence-corrected chi connectivity index (χ0v) is 16.3. The third-order valence-electron chi connectivity index (χ3n) is 4.22. The molecule has 2 N–H and O–H groups in total. The van der Waals surface area contributed by atoms with Crippen molar-refractivity contribution in [1.29, 1.82) is 0 Å². The molecule has 0 fully saturated rings. The van der Waals surface area contributed by atoms with Gasteiger partial charge >= 0.3 is 0 Å². The van der Waals surface area contributed by atoms with Crippen molar-refractivity contribution in [2.45, 2.75) is 33.6 Å². The van der Waals surface area contributed by atoms with Gasteiger partial charge in [-0.05, 0) is 60.7 Å². The molecule has 0 bridgehead atoms. The van der Waals surface area contributed by atoms with Crippen LogP contribution in [0.1, 0.15) is 36.5 Å². The summed E-state index contributed by atoms with van der Waals surface area (Å²) in [6.45, 7) is 8.62. The lowest BCUT2D eigenvalue weighted by atomic mass is 9.94. The van der Waals surface area contributed by atoms with Gasteiger partial charge in [0.1, 0.15) is 5.82 Å². The number of halogens is 2. The first kappa shape index (κ1) is 17.8. The molecule has 0 spiro atoms. The van der Waals surface area contributed by atoms with E-state index in [-0.39, 0.29) is 0 Å². The van der Waals surface area contributed by atoms with E-state index in [1.807, 2.05) is 0 Å². The number of anilines is 2. The molecule has 0 aliphatic rings. The van der Waals surface area contributed by atoms with Gasteiger partial charge in [0.25, 0.3) is 0 Å². The maximum absolute atomic E-state index is 6.05. The molecule has 1 heterocycles. The van der Waals surface area contributed by atoms with Crippen molar-refractivity contribution in [2.24, 2.45) is 0 Å². The highest BCUT2D eigenvalue weighted by atomic mass is 35.5. The number of aromatic nitrogens is 1. The van der Waals surface area contributed by atoms with Crippen LogP contribution in [0.15, 0.2) is 36.4 Å². The molecule has 5 heteroatoms. The normalized spacial score (nSPS) is 11.2. The van der Waals surface area contributed by atoms with Crippen molar-refractivity contribution in [3.63, 3.8) is 0 Å². The first-order valence-corrected chi connectivity index (χ1v) is 8.99. The van der Waals surface area contributed by atoms with Crippen molar-refractivity contribution in [2.75, 3.05) is 10.9 Å². The van der Waals surface area contributed by atoms with Gasteiger partial charge in [-0.15, -0.1) is 0 Å². The predicted molar refractivity (Wildman–Crippen MR) is 109 cm³/mol. The molecule has 0 radical (unpaired) electrons. The fraction of sp³-hybridized carbons (Fsp3) is 0.250. The highest BCUT2D eigenvalue weighted by Gasteiger charge is 2.13. The lowest BCUT2D eigenvalue weighted by molar-refractivity contribution is 0.873. The van der Waals surface area contributed by atoms with E-state index in [2.05, 4.69) is 56.7 Å². The third-order valence-corrected chi connectivity index (χ3v) is 4.66. The topological polar surface area (TPSA) is 37.0 Å². The van der Waals surface area contributed by atoms with Crippen LogP contribution in [-0.4, -0.2) is 4.98 Å². The van der Waals surface area contributed by atoms with E-state index in [1.165, 1.54) is 16.5 Å². The second-order valence-corrected chi connectivity index (χ2v) is 7.46. The predicted octanol–water partition coefficient (Wildman–Crippen LogP) is 6.72. The third kappa shape index (κ3) is 3.83. The molecule has 3 nitrogen and oxygen atoms in total. The van der Waals surface area contributed by atoms with Gasteiger partial charge in [0, 0.05) is 15.4 Å². The number of nitrogens with zero attached hydrogens (tertiary/aromatic N) is 1. The Hall–Kier alpha value is -1.97. The summed E-state index contributed by atoms with van der Waals surface area (Å²) in [5.41, 5.74) is 11.8. The Morgan fingerprint density at radius 1 is 0.880 bits per heavy atom. The maximum atomic E-state index is 6.05. The second-order valence-electron chi connectivity index (χ2n) is 6.58. The summed E-state index contributed by atoms with van der Waals surface area (Å²) in [6, 6.07) is 11.7. The van der Waals surface area contributed by atoms with E-state index in [0.717, 1.165) is 22.6 Å². The van der Waals surface area contributed by atoms with Crippen LogP contribution in [0, 0.1) is 13.8 Å². The minimum atomic E-state index is 0.396. The smallest absolute Gasteiger partial charge is 0.145 e. The molecule has 0 amide bonds. The minimum Gasteiger partial charge on any atom is -0.300 e. The number of aryl methyl sites for hydroxylation is 2. The van der Waals surface area contributed by atoms with Crippen LogP contribution in [0.25, 0.3) is 10.9 Å². The molecule has 0 unspecified atom stereocenters. The highest BCUT2D eigenvalue weighted by molar-refractivity contribution is 6.35.